The van der Waals surface area contributed by atoms with Crippen LogP contribution in [-0.2, 0) is 11.2 Å². The molecular formula is C18H18O5. The summed E-state index contributed by atoms with van der Waals surface area (Å²) >= 11 is 0. The molecule has 2 aliphatic rings. The van der Waals surface area contributed by atoms with Crippen LogP contribution in [0.15, 0.2) is 30.3 Å². The van der Waals surface area contributed by atoms with Crippen LogP contribution in [0.4, 0.5) is 0 Å². The van der Waals surface area contributed by atoms with Gasteiger partial charge in [0.05, 0.1) is 20.8 Å². The second kappa shape index (κ2) is 5.66. The SMILES string of the molecule is COc1cc2c(cc1OC)[C@H](c1ccc3c(c1)OCO3)OCC2. The van der Waals surface area contributed by atoms with Crippen molar-refractivity contribution in [2.75, 3.05) is 27.6 Å². The molecule has 2 aromatic rings. The van der Waals surface area contributed by atoms with Gasteiger partial charge >= 0.3 is 0 Å². The van der Waals surface area contributed by atoms with Crippen molar-refractivity contribution in [1.82, 2.24) is 0 Å². The third-order valence-corrected chi connectivity index (χ3v) is 4.28. The Morgan fingerprint density at radius 1 is 0.957 bits per heavy atom. The van der Waals surface area contributed by atoms with Gasteiger partial charge in [-0.2, -0.15) is 0 Å². The molecule has 23 heavy (non-hydrogen) atoms. The first-order valence-corrected chi connectivity index (χ1v) is 7.56. The fraction of sp³-hybridized carbons (Fsp3) is 0.333. The summed E-state index contributed by atoms with van der Waals surface area (Å²) in [5.74, 6) is 3.00. The summed E-state index contributed by atoms with van der Waals surface area (Å²) in [6.45, 7) is 0.938. The van der Waals surface area contributed by atoms with Crippen molar-refractivity contribution in [3.05, 3.63) is 47.0 Å². The van der Waals surface area contributed by atoms with Crippen molar-refractivity contribution < 1.29 is 23.7 Å². The molecule has 0 aliphatic carbocycles. The Hall–Kier alpha value is -2.40. The number of rotatable bonds is 3. The van der Waals surface area contributed by atoms with Gasteiger partial charge in [-0.25, -0.2) is 0 Å². The summed E-state index contributed by atoms with van der Waals surface area (Å²) in [4.78, 5) is 0. The van der Waals surface area contributed by atoms with Crippen LogP contribution < -0.4 is 18.9 Å². The first-order valence-electron chi connectivity index (χ1n) is 7.56. The molecule has 0 spiro atoms. The van der Waals surface area contributed by atoms with Crippen LogP contribution in [0.25, 0.3) is 0 Å². The van der Waals surface area contributed by atoms with Crippen molar-refractivity contribution in [3.8, 4) is 23.0 Å². The maximum Gasteiger partial charge on any atom is 0.231 e. The predicted octanol–water partition coefficient (Wildman–Crippen LogP) is 3.09. The number of methoxy groups -OCH3 is 2. The smallest absolute Gasteiger partial charge is 0.231 e. The number of fused-ring (bicyclic) bond motifs is 2. The molecule has 2 aliphatic heterocycles. The zero-order valence-electron chi connectivity index (χ0n) is 13.1. The average Bonchev–Trinajstić information content (AvgIpc) is 3.07. The van der Waals surface area contributed by atoms with E-state index in [1.807, 2.05) is 30.3 Å². The number of hydrogen-bond acceptors (Lipinski definition) is 5. The molecule has 1 atom stereocenters. The lowest BCUT2D eigenvalue weighted by Crippen LogP contribution is -2.17. The van der Waals surface area contributed by atoms with E-state index in [0.29, 0.717) is 12.4 Å². The highest BCUT2D eigenvalue weighted by atomic mass is 16.7. The van der Waals surface area contributed by atoms with E-state index >= 15 is 0 Å². The van der Waals surface area contributed by atoms with E-state index in [0.717, 1.165) is 34.8 Å². The maximum absolute atomic E-state index is 6.03. The minimum absolute atomic E-state index is 0.145. The summed E-state index contributed by atoms with van der Waals surface area (Å²) in [7, 11) is 3.29. The minimum Gasteiger partial charge on any atom is -0.493 e. The van der Waals surface area contributed by atoms with Crippen LogP contribution in [0.2, 0.25) is 0 Å². The maximum atomic E-state index is 6.03. The number of hydrogen-bond donors (Lipinski definition) is 0. The zero-order valence-corrected chi connectivity index (χ0v) is 13.1. The summed E-state index contributed by atoms with van der Waals surface area (Å²) in [6, 6.07) is 9.97. The van der Waals surface area contributed by atoms with Crippen molar-refractivity contribution >= 4 is 0 Å². The highest BCUT2D eigenvalue weighted by molar-refractivity contribution is 5.52. The fourth-order valence-electron chi connectivity index (χ4n) is 3.13. The lowest BCUT2D eigenvalue weighted by Gasteiger charge is -2.27. The topological polar surface area (TPSA) is 46.2 Å². The van der Waals surface area contributed by atoms with Crippen LogP contribution in [0.5, 0.6) is 23.0 Å². The Morgan fingerprint density at radius 2 is 1.74 bits per heavy atom. The van der Waals surface area contributed by atoms with Crippen molar-refractivity contribution in [3.63, 3.8) is 0 Å². The van der Waals surface area contributed by atoms with Gasteiger partial charge in [0.25, 0.3) is 0 Å². The molecule has 0 bridgehead atoms. The number of benzene rings is 2. The van der Waals surface area contributed by atoms with Crippen molar-refractivity contribution in [2.45, 2.75) is 12.5 Å². The van der Waals surface area contributed by atoms with Gasteiger partial charge in [0, 0.05) is 0 Å². The summed E-state index contributed by atoms with van der Waals surface area (Å²) in [5, 5.41) is 0. The van der Waals surface area contributed by atoms with Crippen LogP contribution in [0, 0.1) is 0 Å². The quantitative estimate of drug-likeness (QED) is 0.871. The van der Waals surface area contributed by atoms with Gasteiger partial charge in [0.2, 0.25) is 6.79 Å². The first-order chi connectivity index (χ1) is 11.3. The highest BCUT2D eigenvalue weighted by Gasteiger charge is 2.26. The van der Waals surface area contributed by atoms with Gasteiger partial charge in [0.15, 0.2) is 23.0 Å². The first kappa shape index (κ1) is 14.2. The zero-order chi connectivity index (χ0) is 15.8. The predicted molar refractivity (Wildman–Crippen MR) is 83.6 cm³/mol. The molecule has 2 heterocycles. The summed E-state index contributed by atoms with van der Waals surface area (Å²) in [6.07, 6.45) is 0.713. The summed E-state index contributed by atoms with van der Waals surface area (Å²) in [5.41, 5.74) is 3.37. The van der Waals surface area contributed by atoms with E-state index in [-0.39, 0.29) is 12.9 Å². The molecule has 0 N–H and O–H groups in total. The highest BCUT2D eigenvalue weighted by Crippen LogP contribution is 2.42. The second-order valence-electron chi connectivity index (χ2n) is 5.52. The molecular weight excluding hydrogens is 296 g/mol. The van der Waals surface area contributed by atoms with E-state index in [1.165, 1.54) is 5.56 Å². The Kier molecular flexibility index (Phi) is 3.50. The molecule has 0 radical (unpaired) electrons. The molecule has 4 rings (SSSR count). The van der Waals surface area contributed by atoms with E-state index in [9.17, 15) is 0 Å². The van der Waals surface area contributed by atoms with Gasteiger partial charge in [-0.1, -0.05) is 6.07 Å². The molecule has 0 unspecified atom stereocenters. The summed E-state index contributed by atoms with van der Waals surface area (Å²) < 4.78 is 27.7. The standard InChI is InChI=1S/C18H18O5/c1-19-15-7-11-5-6-21-18(13(11)9-16(15)20-2)12-3-4-14-17(8-12)23-10-22-14/h3-4,7-9,18H,5-6,10H2,1-2H3/t18-/m0/s1. The van der Waals surface area contributed by atoms with Crippen molar-refractivity contribution in [2.24, 2.45) is 0 Å². The van der Waals surface area contributed by atoms with E-state index < -0.39 is 0 Å². The number of ether oxygens (including phenoxy) is 5. The molecule has 120 valence electrons. The molecule has 0 saturated heterocycles. The molecule has 5 nitrogen and oxygen atoms in total. The van der Waals surface area contributed by atoms with E-state index in [2.05, 4.69) is 0 Å². The Balaban J connectivity index is 1.78. The van der Waals surface area contributed by atoms with Crippen LogP contribution in [0.3, 0.4) is 0 Å². The van der Waals surface area contributed by atoms with Gasteiger partial charge in [-0.05, 0) is 47.4 Å². The minimum atomic E-state index is -0.145. The van der Waals surface area contributed by atoms with Crippen LogP contribution in [0.1, 0.15) is 22.8 Å². The molecule has 0 saturated carbocycles. The van der Waals surface area contributed by atoms with Gasteiger partial charge in [-0.15, -0.1) is 0 Å². The molecule has 5 heteroatoms. The molecule has 2 aromatic carbocycles. The van der Waals surface area contributed by atoms with Gasteiger partial charge in [0.1, 0.15) is 6.10 Å². The van der Waals surface area contributed by atoms with E-state index in [4.69, 9.17) is 23.7 Å². The monoisotopic (exact) mass is 314 g/mol. The largest absolute Gasteiger partial charge is 0.493 e. The van der Waals surface area contributed by atoms with Gasteiger partial charge < -0.3 is 23.7 Å². The molecule has 0 aromatic heterocycles. The Bertz CT molecular complexity index is 740. The third-order valence-electron chi connectivity index (χ3n) is 4.28. The molecule has 0 fully saturated rings. The fourth-order valence-corrected chi connectivity index (χ4v) is 3.13. The molecule has 0 amide bonds. The lowest BCUT2D eigenvalue weighted by atomic mass is 9.92. The Morgan fingerprint density at radius 3 is 2.57 bits per heavy atom. The normalized spacial score (nSPS) is 18.4. The van der Waals surface area contributed by atoms with Crippen molar-refractivity contribution in [1.29, 1.82) is 0 Å². The van der Waals surface area contributed by atoms with Gasteiger partial charge in [-0.3, -0.25) is 0 Å². The average molecular weight is 314 g/mol. The van der Waals surface area contributed by atoms with Crippen LogP contribution in [-0.4, -0.2) is 27.6 Å². The van der Waals surface area contributed by atoms with Crippen LogP contribution >= 0.6 is 0 Å². The third kappa shape index (κ3) is 2.37. The lowest BCUT2D eigenvalue weighted by molar-refractivity contribution is 0.0693. The second-order valence-corrected chi connectivity index (χ2v) is 5.52. The Labute approximate surface area is 134 Å². The van der Waals surface area contributed by atoms with E-state index in [1.54, 1.807) is 14.2 Å².